The molecule has 1 aromatic carbocycles. The van der Waals surface area contributed by atoms with Crippen LogP contribution in [0.25, 0.3) is 33.7 Å². The van der Waals surface area contributed by atoms with E-state index in [-0.39, 0.29) is 0 Å². The number of fused-ring (bicyclic) bond motifs is 2. The van der Waals surface area contributed by atoms with Crippen LogP contribution in [0, 0.1) is 11.3 Å². The molecule has 0 fully saturated rings. The van der Waals surface area contributed by atoms with Crippen molar-refractivity contribution < 1.29 is 0 Å². The van der Waals surface area contributed by atoms with Gasteiger partial charge in [0.05, 0.1) is 23.0 Å². The molecule has 0 saturated heterocycles. The summed E-state index contributed by atoms with van der Waals surface area (Å²) in [4.78, 5) is 17.6. The Kier molecular flexibility index (Phi) is 3.02. The highest BCUT2D eigenvalue weighted by atomic mass is 15.1. The van der Waals surface area contributed by atoms with Crippen LogP contribution in [0.1, 0.15) is 5.56 Å². The molecule has 26 heavy (non-hydrogen) atoms. The molecule has 122 valence electrons. The number of hydrogen-bond donors (Lipinski definition) is 0. The third-order valence-electron chi connectivity index (χ3n) is 4.20. The second-order valence-corrected chi connectivity index (χ2v) is 5.77. The molecule has 0 spiro atoms. The molecule has 5 aromatic rings. The minimum atomic E-state index is 0.535. The normalized spacial score (nSPS) is 11.0. The van der Waals surface area contributed by atoms with Crippen LogP contribution in [0.3, 0.4) is 0 Å². The Morgan fingerprint density at radius 2 is 1.27 bits per heavy atom. The first-order chi connectivity index (χ1) is 12.8. The Morgan fingerprint density at radius 1 is 0.731 bits per heavy atom. The summed E-state index contributed by atoms with van der Waals surface area (Å²) in [6.07, 6.45) is 6.87. The fraction of sp³-hybridized carbons (Fsp3) is 0. The Hall–Kier alpha value is -4.05. The fourth-order valence-corrected chi connectivity index (χ4v) is 3.01. The molecule has 4 heterocycles. The Bertz CT molecular complexity index is 1210. The van der Waals surface area contributed by atoms with Gasteiger partial charge in [-0.3, -0.25) is 9.13 Å². The van der Waals surface area contributed by atoms with E-state index in [4.69, 9.17) is 0 Å². The van der Waals surface area contributed by atoms with E-state index in [1.807, 2.05) is 51.6 Å². The summed E-state index contributed by atoms with van der Waals surface area (Å²) in [5.74, 6) is 0. The number of hydrogen-bond acceptors (Lipinski definition) is 5. The van der Waals surface area contributed by atoms with Crippen molar-refractivity contribution in [2.45, 2.75) is 0 Å². The lowest BCUT2D eigenvalue weighted by molar-refractivity contribution is 1.03. The van der Waals surface area contributed by atoms with E-state index in [2.05, 4.69) is 26.0 Å². The zero-order valence-corrected chi connectivity index (χ0v) is 13.5. The lowest BCUT2D eigenvalue weighted by Crippen LogP contribution is -2.00. The number of pyridine rings is 2. The van der Waals surface area contributed by atoms with Gasteiger partial charge in [0.1, 0.15) is 23.7 Å². The molecule has 0 amide bonds. The van der Waals surface area contributed by atoms with E-state index < -0.39 is 0 Å². The van der Waals surface area contributed by atoms with Crippen LogP contribution < -0.4 is 0 Å². The van der Waals surface area contributed by atoms with Gasteiger partial charge in [0.15, 0.2) is 11.3 Å². The lowest BCUT2D eigenvalue weighted by Gasteiger charge is -2.09. The molecule has 5 rings (SSSR count). The fourth-order valence-electron chi connectivity index (χ4n) is 3.01. The first-order valence-electron chi connectivity index (χ1n) is 7.95. The van der Waals surface area contributed by atoms with E-state index in [0.29, 0.717) is 5.56 Å². The minimum absolute atomic E-state index is 0.535. The molecule has 0 aliphatic heterocycles. The molecule has 0 N–H and O–H groups in total. The zero-order valence-electron chi connectivity index (χ0n) is 13.5. The maximum atomic E-state index is 9.48. The highest BCUT2D eigenvalue weighted by Gasteiger charge is 2.11. The molecule has 7 nitrogen and oxygen atoms in total. The molecule has 0 aliphatic carbocycles. The van der Waals surface area contributed by atoms with Gasteiger partial charge in [-0.25, -0.2) is 19.9 Å². The van der Waals surface area contributed by atoms with Crippen LogP contribution in [-0.4, -0.2) is 29.1 Å². The number of imidazole rings is 2. The molecule has 0 atom stereocenters. The molecule has 7 heteroatoms. The first kappa shape index (κ1) is 14.3. The van der Waals surface area contributed by atoms with Gasteiger partial charge in [-0.2, -0.15) is 5.26 Å². The van der Waals surface area contributed by atoms with E-state index in [9.17, 15) is 5.26 Å². The van der Waals surface area contributed by atoms with Crippen molar-refractivity contribution in [3.63, 3.8) is 0 Å². The minimum Gasteiger partial charge on any atom is -0.283 e. The van der Waals surface area contributed by atoms with Crippen LogP contribution in [0.4, 0.5) is 0 Å². The molecular formula is C19H11N7. The Balaban J connectivity index is 1.76. The summed E-state index contributed by atoms with van der Waals surface area (Å²) in [6.45, 7) is 0. The third-order valence-corrected chi connectivity index (χ3v) is 4.20. The molecule has 0 bridgehead atoms. The average molecular weight is 337 g/mol. The van der Waals surface area contributed by atoms with E-state index in [1.54, 1.807) is 25.0 Å². The van der Waals surface area contributed by atoms with Crippen molar-refractivity contribution in [2.24, 2.45) is 0 Å². The predicted molar refractivity (Wildman–Crippen MR) is 96.0 cm³/mol. The molecule has 4 aromatic heterocycles. The molecule has 0 saturated carbocycles. The summed E-state index contributed by atoms with van der Waals surface area (Å²) in [7, 11) is 0. The highest BCUT2D eigenvalue weighted by molar-refractivity contribution is 5.75. The second kappa shape index (κ2) is 5.50. The quantitative estimate of drug-likeness (QED) is 0.494. The van der Waals surface area contributed by atoms with Crippen molar-refractivity contribution in [2.75, 3.05) is 0 Å². The van der Waals surface area contributed by atoms with Gasteiger partial charge in [0, 0.05) is 12.4 Å². The van der Waals surface area contributed by atoms with Gasteiger partial charge in [0.25, 0.3) is 0 Å². The smallest absolute Gasteiger partial charge is 0.164 e. The topological polar surface area (TPSA) is 85.2 Å². The van der Waals surface area contributed by atoms with Crippen LogP contribution in [0.5, 0.6) is 0 Å². The Morgan fingerprint density at radius 3 is 1.77 bits per heavy atom. The maximum absolute atomic E-state index is 9.48. The summed E-state index contributed by atoms with van der Waals surface area (Å²) in [5, 5.41) is 9.48. The van der Waals surface area contributed by atoms with Crippen LogP contribution in [0.2, 0.25) is 0 Å². The monoisotopic (exact) mass is 337 g/mol. The maximum Gasteiger partial charge on any atom is 0.164 e. The average Bonchev–Trinajstić information content (AvgIpc) is 3.32. The van der Waals surface area contributed by atoms with Gasteiger partial charge in [-0.05, 0) is 42.5 Å². The van der Waals surface area contributed by atoms with Gasteiger partial charge in [-0.1, -0.05) is 0 Å². The number of nitrogens with zero attached hydrogens (tertiary/aromatic N) is 7. The summed E-state index contributed by atoms with van der Waals surface area (Å²) < 4.78 is 3.73. The molecule has 0 unspecified atom stereocenters. The number of benzene rings is 1. The predicted octanol–water partition coefficient (Wildman–Crippen LogP) is 3.03. The second-order valence-electron chi connectivity index (χ2n) is 5.77. The van der Waals surface area contributed by atoms with Crippen molar-refractivity contribution in [1.82, 2.24) is 29.1 Å². The standard InChI is InChI=1S/C19H11N7/c20-10-13-7-14(25-11-23-16-3-1-5-21-18(16)25)9-15(8-13)26-12-24-17-4-2-6-22-19(17)26/h1-9,11-12H. The van der Waals surface area contributed by atoms with E-state index >= 15 is 0 Å². The van der Waals surface area contributed by atoms with Gasteiger partial charge >= 0.3 is 0 Å². The van der Waals surface area contributed by atoms with Crippen LogP contribution in [-0.2, 0) is 0 Å². The number of aromatic nitrogens is 6. The number of rotatable bonds is 2. The molecule has 0 aliphatic rings. The molecular weight excluding hydrogens is 326 g/mol. The SMILES string of the molecule is N#Cc1cc(-n2cnc3cccnc32)cc(-n2cnc3cccnc32)c1. The summed E-state index contributed by atoms with van der Waals surface area (Å²) in [6, 6.07) is 15.3. The van der Waals surface area contributed by atoms with Crippen molar-refractivity contribution >= 4 is 22.3 Å². The largest absolute Gasteiger partial charge is 0.283 e. The van der Waals surface area contributed by atoms with E-state index in [0.717, 1.165) is 33.7 Å². The van der Waals surface area contributed by atoms with Crippen molar-refractivity contribution in [3.8, 4) is 17.4 Å². The third kappa shape index (κ3) is 2.13. The van der Waals surface area contributed by atoms with Crippen LogP contribution in [0.15, 0.2) is 67.5 Å². The first-order valence-corrected chi connectivity index (χ1v) is 7.95. The number of nitriles is 1. The van der Waals surface area contributed by atoms with Crippen LogP contribution >= 0.6 is 0 Å². The zero-order chi connectivity index (χ0) is 17.5. The highest BCUT2D eigenvalue weighted by Crippen LogP contribution is 2.23. The van der Waals surface area contributed by atoms with Gasteiger partial charge < -0.3 is 0 Å². The molecule has 0 radical (unpaired) electrons. The summed E-state index contributed by atoms with van der Waals surface area (Å²) in [5.41, 5.74) is 5.21. The van der Waals surface area contributed by atoms with Crippen molar-refractivity contribution in [3.05, 3.63) is 73.1 Å². The van der Waals surface area contributed by atoms with E-state index in [1.165, 1.54) is 0 Å². The van der Waals surface area contributed by atoms with Crippen molar-refractivity contribution in [1.29, 1.82) is 5.26 Å². The van der Waals surface area contributed by atoms with Gasteiger partial charge in [0.2, 0.25) is 0 Å². The van der Waals surface area contributed by atoms with Gasteiger partial charge in [-0.15, -0.1) is 0 Å². The Labute approximate surface area is 147 Å². The summed E-state index contributed by atoms with van der Waals surface area (Å²) >= 11 is 0. The lowest BCUT2D eigenvalue weighted by atomic mass is 10.2.